The summed E-state index contributed by atoms with van der Waals surface area (Å²) >= 11 is 9.42. The van der Waals surface area contributed by atoms with Crippen molar-refractivity contribution in [2.75, 3.05) is 12.5 Å². The number of rotatable bonds is 3. The van der Waals surface area contributed by atoms with Crippen LogP contribution in [-0.2, 0) is 11.2 Å². The summed E-state index contributed by atoms with van der Waals surface area (Å²) in [7, 11) is 0. The minimum atomic E-state index is -0.104. The smallest absolute Gasteiger partial charge is 0.160 e. The first-order valence-corrected chi connectivity index (χ1v) is 8.55. The monoisotopic (exact) mass is 371 g/mol. The molecule has 1 aliphatic heterocycles. The van der Waals surface area contributed by atoms with E-state index in [0.717, 1.165) is 47.3 Å². The van der Waals surface area contributed by atoms with Crippen LogP contribution in [0.1, 0.15) is 38.6 Å². The van der Waals surface area contributed by atoms with Crippen molar-refractivity contribution < 1.29 is 4.74 Å². The maximum atomic E-state index is 5.95. The Balaban J connectivity index is 2.08. The second kappa shape index (κ2) is 5.86. The van der Waals surface area contributed by atoms with Gasteiger partial charge in [-0.3, -0.25) is 0 Å². The van der Waals surface area contributed by atoms with E-state index in [1.165, 1.54) is 0 Å². The van der Waals surface area contributed by atoms with Gasteiger partial charge in [0.05, 0.1) is 5.60 Å². The molecule has 0 N–H and O–H groups in total. The molecule has 0 radical (unpaired) electrons. The number of ether oxygens (including phenoxy) is 1. The van der Waals surface area contributed by atoms with Crippen molar-refractivity contribution in [3.63, 3.8) is 0 Å². The molecule has 3 rings (SSSR count). The first-order valence-electron chi connectivity index (χ1n) is 7.22. The van der Waals surface area contributed by atoms with Crippen molar-refractivity contribution >= 4 is 38.7 Å². The highest BCUT2D eigenvalue weighted by molar-refractivity contribution is 9.10. The van der Waals surface area contributed by atoms with Crippen molar-refractivity contribution in [1.82, 2.24) is 14.5 Å². The fourth-order valence-corrected chi connectivity index (χ4v) is 3.56. The van der Waals surface area contributed by atoms with Gasteiger partial charge >= 0.3 is 0 Å². The quantitative estimate of drug-likeness (QED) is 0.761. The van der Waals surface area contributed by atoms with Crippen LogP contribution in [0.4, 0.5) is 0 Å². The van der Waals surface area contributed by atoms with E-state index in [0.29, 0.717) is 11.9 Å². The maximum absolute atomic E-state index is 5.95. The number of aryl methyl sites for hydroxylation is 1. The number of nitrogens with zero attached hydrogens (tertiary/aromatic N) is 3. The lowest BCUT2D eigenvalue weighted by Crippen LogP contribution is -2.35. The average molecular weight is 373 g/mol. The Bertz CT molecular complexity index is 656. The highest BCUT2D eigenvalue weighted by Gasteiger charge is 2.32. The Morgan fingerprint density at radius 3 is 3.05 bits per heavy atom. The summed E-state index contributed by atoms with van der Waals surface area (Å²) in [5, 5.41) is 0. The zero-order valence-corrected chi connectivity index (χ0v) is 14.6. The molecule has 0 aromatic carbocycles. The lowest BCUT2D eigenvalue weighted by molar-refractivity contribution is -0.0689. The fraction of sp³-hybridized carbons (Fsp3) is 0.600. The molecule has 4 nitrogen and oxygen atoms in total. The third-order valence-corrected chi connectivity index (χ3v) is 4.55. The van der Waals surface area contributed by atoms with Gasteiger partial charge in [-0.25, -0.2) is 9.97 Å². The van der Waals surface area contributed by atoms with Gasteiger partial charge in [-0.1, -0.05) is 0 Å². The molecule has 2 aromatic rings. The third-order valence-electron chi connectivity index (χ3n) is 3.92. The summed E-state index contributed by atoms with van der Waals surface area (Å²) in [6.07, 6.45) is 4.54. The third kappa shape index (κ3) is 3.10. The van der Waals surface area contributed by atoms with Crippen LogP contribution in [0.25, 0.3) is 11.2 Å². The van der Waals surface area contributed by atoms with Gasteiger partial charge in [0.15, 0.2) is 5.65 Å². The largest absolute Gasteiger partial charge is 0.375 e. The van der Waals surface area contributed by atoms with E-state index in [1.54, 1.807) is 0 Å². The molecule has 3 heterocycles. The highest BCUT2D eigenvalue weighted by Crippen LogP contribution is 2.35. The summed E-state index contributed by atoms with van der Waals surface area (Å²) in [4.78, 5) is 9.31. The molecular formula is C15H19BrClN3O. The van der Waals surface area contributed by atoms with Crippen molar-refractivity contribution in [2.45, 2.75) is 44.8 Å². The van der Waals surface area contributed by atoms with Crippen LogP contribution in [0.2, 0.25) is 0 Å². The topological polar surface area (TPSA) is 39.9 Å². The number of aromatic nitrogens is 3. The first kappa shape index (κ1) is 15.3. The molecule has 2 aromatic heterocycles. The van der Waals surface area contributed by atoms with Crippen molar-refractivity contribution in [1.29, 1.82) is 0 Å². The van der Waals surface area contributed by atoms with Crippen LogP contribution in [0, 0.1) is 0 Å². The number of imidazole rings is 1. The zero-order valence-electron chi connectivity index (χ0n) is 12.3. The number of hydrogen-bond acceptors (Lipinski definition) is 3. The molecule has 114 valence electrons. The summed E-state index contributed by atoms with van der Waals surface area (Å²) in [5.41, 5.74) is 1.77. The molecule has 0 amide bonds. The number of halogens is 2. The predicted molar refractivity (Wildman–Crippen MR) is 88.0 cm³/mol. The van der Waals surface area contributed by atoms with Gasteiger partial charge in [-0.15, -0.1) is 11.6 Å². The van der Waals surface area contributed by atoms with E-state index in [1.807, 2.05) is 12.3 Å². The van der Waals surface area contributed by atoms with Crippen LogP contribution in [-0.4, -0.2) is 32.6 Å². The van der Waals surface area contributed by atoms with Gasteiger partial charge in [-0.05, 0) is 48.7 Å². The van der Waals surface area contributed by atoms with Crippen molar-refractivity contribution in [3.8, 4) is 0 Å². The molecule has 1 aliphatic rings. The Hall–Kier alpha value is -0.650. The molecule has 1 unspecified atom stereocenters. The number of hydrogen-bond donors (Lipinski definition) is 0. The Morgan fingerprint density at radius 2 is 2.33 bits per heavy atom. The maximum Gasteiger partial charge on any atom is 0.160 e. The minimum absolute atomic E-state index is 0.104. The predicted octanol–water partition coefficient (Wildman–Crippen LogP) is 4.11. The molecule has 1 saturated heterocycles. The molecule has 0 bridgehead atoms. The molecular weight excluding hydrogens is 354 g/mol. The lowest BCUT2D eigenvalue weighted by Gasteiger charge is -2.36. The fourth-order valence-electron chi connectivity index (χ4n) is 3.07. The van der Waals surface area contributed by atoms with Crippen LogP contribution >= 0.6 is 27.5 Å². The molecule has 1 fully saturated rings. The zero-order chi connectivity index (χ0) is 15.0. The Morgan fingerprint density at radius 1 is 1.52 bits per heavy atom. The standard InChI is InChI=1S/C15H19BrClN3O/c1-15(2)8-11(4-6-21-15)20-13(3-5-17)19-12-7-10(16)9-18-14(12)20/h7,9,11H,3-6,8H2,1-2H3. The van der Waals surface area contributed by atoms with E-state index in [-0.39, 0.29) is 5.60 Å². The number of pyridine rings is 1. The normalized spacial score (nSPS) is 21.8. The van der Waals surface area contributed by atoms with Gasteiger partial charge in [0, 0.05) is 35.6 Å². The van der Waals surface area contributed by atoms with E-state index < -0.39 is 0 Å². The summed E-state index contributed by atoms with van der Waals surface area (Å²) in [6, 6.07) is 2.38. The Kier molecular flexibility index (Phi) is 4.26. The SMILES string of the molecule is CC1(C)CC(n2c(CCCl)nc3cc(Br)cnc32)CCO1. The number of alkyl halides is 1. The average Bonchev–Trinajstić information content (AvgIpc) is 2.75. The summed E-state index contributed by atoms with van der Waals surface area (Å²) in [6.45, 7) is 5.06. The van der Waals surface area contributed by atoms with Gasteiger partial charge in [0.25, 0.3) is 0 Å². The van der Waals surface area contributed by atoms with E-state index in [2.05, 4.69) is 39.3 Å². The number of fused-ring (bicyclic) bond motifs is 1. The molecule has 0 spiro atoms. The highest BCUT2D eigenvalue weighted by atomic mass is 79.9. The minimum Gasteiger partial charge on any atom is -0.375 e. The second-order valence-electron chi connectivity index (χ2n) is 6.09. The molecule has 6 heteroatoms. The van der Waals surface area contributed by atoms with Crippen LogP contribution in [0.3, 0.4) is 0 Å². The lowest BCUT2D eigenvalue weighted by atomic mass is 9.93. The molecule has 0 saturated carbocycles. The summed E-state index contributed by atoms with van der Waals surface area (Å²) in [5.74, 6) is 1.59. The van der Waals surface area contributed by atoms with Gasteiger partial charge in [0.2, 0.25) is 0 Å². The molecule has 1 atom stereocenters. The summed E-state index contributed by atoms with van der Waals surface area (Å²) < 4.78 is 9.06. The Labute approximate surface area is 138 Å². The van der Waals surface area contributed by atoms with Crippen LogP contribution < -0.4 is 0 Å². The van der Waals surface area contributed by atoms with Crippen molar-refractivity contribution in [3.05, 3.63) is 22.6 Å². The second-order valence-corrected chi connectivity index (χ2v) is 7.38. The van der Waals surface area contributed by atoms with E-state index >= 15 is 0 Å². The van der Waals surface area contributed by atoms with E-state index in [9.17, 15) is 0 Å². The van der Waals surface area contributed by atoms with E-state index in [4.69, 9.17) is 21.3 Å². The van der Waals surface area contributed by atoms with Crippen LogP contribution in [0.5, 0.6) is 0 Å². The molecule has 0 aliphatic carbocycles. The van der Waals surface area contributed by atoms with Gasteiger partial charge < -0.3 is 9.30 Å². The van der Waals surface area contributed by atoms with Crippen molar-refractivity contribution in [2.24, 2.45) is 0 Å². The van der Waals surface area contributed by atoms with Gasteiger partial charge in [-0.2, -0.15) is 0 Å². The van der Waals surface area contributed by atoms with Gasteiger partial charge in [0.1, 0.15) is 11.3 Å². The first-order chi connectivity index (χ1) is 10.00. The molecule has 21 heavy (non-hydrogen) atoms. The van der Waals surface area contributed by atoms with Crippen LogP contribution in [0.15, 0.2) is 16.7 Å².